The molecular weight excluding hydrogens is 471 g/mol. The molecule has 0 spiro atoms. The third-order valence-corrected chi connectivity index (χ3v) is 4.67. The zero-order valence-electron chi connectivity index (χ0n) is 15.5. The van der Waals surface area contributed by atoms with E-state index in [0.717, 1.165) is 15.6 Å². The maximum atomic E-state index is 12.4. The Kier molecular flexibility index (Phi) is 8.02. The Morgan fingerprint density at radius 3 is 2.50 bits per heavy atom. The zero-order valence-corrected chi connectivity index (χ0v) is 17.6. The molecule has 0 saturated carbocycles. The molecule has 144 valence electrons. The molecule has 1 N–H and O–H groups in total. The Hall–Kier alpha value is -2.86. The number of methoxy groups -OCH3 is 1. The monoisotopic (exact) mass is 490 g/mol. The molecule has 2 aromatic carbocycles. The van der Waals surface area contributed by atoms with Gasteiger partial charge >= 0.3 is 5.97 Å². The van der Waals surface area contributed by atoms with E-state index in [1.54, 1.807) is 18.2 Å². The van der Waals surface area contributed by atoms with E-state index >= 15 is 0 Å². The van der Waals surface area contributed by atoms with Crippen LogP contribution in [0.4, 0.5) is 5.69 Å². The van der Waals surface area contributed by atoms with Crippen LogP contribution in [0.3, 0.4) is 0 Å². The average Bonchev–Trinajstić information content (AvgIpc) is 2.71. The van der Waals surface area contributed by atoms with Crippen molar-refractivity contribution in [2.75, 3.05) is 19.0 Å². The largest absolute Gasteiger partial charge is 0.481 e. The lowest BCUT2D eigenvalue weighted by Crippen LogP contribution is -2.13. The van der Waals surface area contributed by atoms with E-state index in [2.05, 4.69) is 39.6 Å². The Morgan fingerprint density at radius 2 is 1.93 bits per heavy atom. The minimum atomic E-state index is -0.479. The van der Waals surface area contributed by atoms with Crippen LogP contribution in [0, 0.1) is 14.9 Å². The number of benzene rings is 2. The third-order valence-electron chi connectivity index (χ3n) is 3.83. The van der Waals surface area contributed by atoms with Crippen LogP contribution in [0.5, 0.6) is 5.75 Å². The maximum Gasteiger partial charge on any atom is 0.343 e. The van der Waals surface area contributed by atoms with Gasteiger partial charge in [0.15, 0.2) is 6.61 Å². The first-order valence-corrected chi connectivity index (χ1v) is 9.56. The van der Waals surface area contributed by atoms with E-state index in [1.807, 2.05) is 30.3 Å². The number of nitrogens with one attached hydrogen (secondary N) is 1. The van der Waals surface area contributed by atoms with Crippen molar-refractivity contribution >= 4 is 46.2 Å². The predicted octanol–water partition coefficient (Wildman–Crippen LogP) is 3.95. The van der Waals surface area contributed by atoms with Crippen molar-refractivity contribution in [1.29, 1.82) is 5.26 Å². The number of carbonyl (C=O) groups is 2. The van der Waals surface area contributed by atoms with Gasteiger partial charge in [0.1, 0.15) is 17.4 Å². The summed E-state index contributed by atoms with van der Waals surface area (Å²) in [6, 6.07) is 14.5. The lowest BCUT2D eigenvalue weighted by molar-refractivity contribution is -0.142. The molecule has 0 aliphatic carbocycles. The van der Waals surface area contributed by atoms with Crippen LogP contribution in [0.1, 0.15) is 18.1 Å². The van der Waals surface area contributed by atoms with Gasteiger partial charge in [-0.05, 0) is 70.5 Å². The highest BCUT2D eigenvalue weighted by Gasteiger charge is 2.11. The highest BCUT2D eigenvalue weighted by molar-refractivity contribution is 14.1. The van der Waals surface area contributed by atoms with E-state index in [4.69, 9.17) is 4.74 Å². The fraction of sp³-hybridized carbons (Fsp3) is 0.190. The van der Waals surface area contributed by atoms with Crippen molar-refractivity contribution in [1.82, 2.24) is 0 Å². The van der Waals surface area contributed by atoms with Crippen LogP contribution in [0.25, 0.3) is 6.08 Å². The molecule has 1 amide bonds. The zero-order chi connectivity index (χ0) is 20.5. The van der Waals surface area contributed by atoms with Crippen molar-refractivity contribution in [2.45, 2.75) is 13.3 Å². The number of anilines is 1. The standard InChI is InChI=1S/C21H19IN2O4/c1-3-14-4-7-17(8-5-14)24-21(26)16(12-23)10-15-6-9-19(18(22)11-15)28-13-20(25)27-2/h4-11H,3,13H2,1-2H3,(H,24,26)/b16-10+. The fourth-order valence-corrected chi connectivity index (χ4v) is 2.95. The van der Waals surface area contributed by atoms with E-state index in [-0.39, 0.29) is 12.2 Å². The van der Waals surface area contributed by atoms with E-state index in [9.17, 15) is 14.9 Å². The number of rotatable bonds is 7. The van der Waals surface area contributed by atoms with Crippen LogP contribution in [0.2, 0.25) is 0 Å². The number of esters is 1. The van der Waals surface area contributed by atoms with Gasteiger partial charge in [-0.1, -0.05) is 25.1 Å². The fourth-order valence-electron chi connectivity index (χ4n) is 2.26. The van der Waals surface area contributed by atoms with Crippen LogP contribution in [-0.2, 0) is 20.7 Å². The number of aryl methyl sites for hydroxylation is 1. The van der Waals surface area contributed by atoms with Gasteiger partial charge in [-0.15, -0.1) is 0 Å². The second-order valence-corrected chi connectivity index (χ2v) is 6.89. The summed E-state index contributed by atoms with van der Waals surface area (Å²) in [5.41, 5.74) is 2.45. The Labute approximate surface area is 177 Å². The van der Waals surface area contributed by atoms with Crippen molar-refractivity contribution in [3.05, 3.63) is 62.7 Å². The molecule has 0 aromatic heterocycles. The SMILES string of the molecule is CCc1ccc(NC(=O)/C(C#N)=C/c2ccc(OCC(=O)OC)c(I)c2)cc1. The summed E-state index contributed by atoms with van der Waals surface area (Å²) in [7, 11) is 1.29. The van der Waals surface area contributed by atoms with Crippen molar-refractivity contribution < 1.29 is 19.1 Å². The van der Waals surface area contributed by atoms with E-state index in [0.29, 0.717) is 17.0 Å². The average molecular weight is 490 g/mol. The molecule has 28 heavy (non-hydrogen) atoms. The number of halogens is 1. The first-order valence-electron chi connectivity index (χ1n) is 8.48. The topological polar surface area (TPSA) is 88.4 Å². The number of ether oxygens (including phenoxy) is 2. The summed E-state index contributed by atoms with van der Waals surface area (Å²) >= 11 is 2.06. The van der Waals surface area contributed by atoms with Crippen LogP contribution < -0.4 is 10.1 Å². The van der Waals surface area contributed by atoms with Crippen LogP contribution >= 0.6 is 22.6 Å². The minimum absolute atomic E-state index is 0.0152. The summed E-state index contributed by atoms with van der Waals surface area (Å²) < 4.78 is 10.6. The molecule has 2 rings (SSSR count). The first kappa shape index (κ1) is 21.4. The molecule has 0 bridgehead atoms. The molecular formula is C21H19IN2O4. The highest BCUT2D eigenvalue weighted by Crippen LogP contribution is 2.23. The Morgan fingerprint density at radius 1 is 1.21 bits per heavy atom. The molecule has 0 atom stereocenters. The van der Waals surface area contributed by atoms with Crippen molar-refractivity contribution in [3.8, 4) is 11.8 Å². The van der Waals surface area contributed by atoms with Gasteiger partial charge in [0.25, 0.3) is 5.91 Å². The first-order chi connectivity index (χ1) is 13.5. The smallest absolute Gasteiger partial charge is 0.343 e. The number of hydrogen-bond acceptors (Lipinski definition) is 5. The van der Waals surface area contributed by atoms with Gasteiger partial charge in [-0.2, -0.15) is 5.26 Å². The molecule has 0 radical (unpaired) electrons. The van der Waals surface area contributed by atoms with Gasteiger partial charge in [0.05, 0.1) is 10.7 Å². The molecule has 0 aliphatic rings. The quantitative estimate of drug-likeness (QED) is 0.275. The second-order valence-electron chi connectivity index (χ2n) is 5.73. The van der Waals surface area contributed by atoms with Gasteiger partial charge in [0, 0.05) is 5.69 Å². The lowest BCUT2D eigenvalue weighted by Gasteiger charge is -2.08. The highest BCUT2D eigenvalue weighted by atomic mass is 127. The van der Waals surface area contributed by atoms with Crippen molar-refractivity contribution in [3.63, 3.8) is 0 Å². The van der Waals surface area contributed by atoms with Gasteiger partial charge in [-0.25, -0.2) is 4.79 Å². The van der Waals surface area contributed by atoms with Crippen LogP contribution in [-0.4, -0.2) is 25.6 Å². The summed E-state index contributed by atoms with van der Waals surface area (Å²) in [6.07, 6.45) is 2.41. The number of carbonyl (C=O) groups excluding carboxylic acids is 2. The lowest BCUT2D eigenvalue weighted by atomic mass is 10.1. The Bertz CT molecular complexity index is 930. The van der Waals surface area contributed by atoms with Gasteiger partial charge < -0.3 is 14.8 Å². The maximum absolute atomic E-state index is 12.4. The molecule has 0 heterocycles. The molecule has 0 aliphatic heterocycles. The summed E-state index contributed by atoms with van der Waals surface area (Å²) in [4.78, 5) is 23.6. The number of nitriles is 1. The summed E-state index contributed by atoms with van der Waals surface area (Å²) in [6.45, 7) is 1.86. The van der Waals surface area contributed by atoms with Crippen molar-refractivity contribution in [2.24, 2.45) is 0 Å². The second kappa shape index (κ2) is 10.5. The van der Waals surface area contributed by atoms with Gasteiger partial charge in [-0.3, -0.25) is 4.79 Å². The predicted molar refractivity (Wildman–Crippen MR) is 115 cm³/mol. The molecule has 7 heteroatoms. The van der Waals surface area contributed by atoms with Gasteiger partial charge in [0.2, 0.25) is 0 Å². The number of amides is 1. The molecule has 0 saturated heterocycles. The molecule has 0 fully saturated rings. The normalized spacial score (nSPS) is 10.7. The molecule has 0 unspecified atom stereocenters. The van der Waals surface area contributed by atoms with E-state index < -0.39 is 11.9 Å². The third kappa shape index (κ3) is 6.09. The molecule has 6 nitrogen and oxygen atoms in total. The number of hydrogen-bond donors (Lipinski definition) is 1. The summed E-state index contributed by atoms with van der Waals surface area (Å²) in [5.74, 6) is -0.440. The summed E-state index contributed by atoms with van der Waals surface area (Å²) in [5, 5.41) is 12.1. The minimum Gasteiger partial charge on any atom is -0.481 e. The molecule has 2 aromatic rings. The van der Waals surface area contributed by atoms with Crippen LogP contribution in [0.15, 0.2) is 48.0 Å². The van der Waals surface area contributed by atoms with E-state index in [1.165, 1.54) is 13.2 Å². The number of nitrogens with zero attached hydrogens (tertiary/aromatic N) is 1. The Balaban J connectivity index is 2.12.